The number of nitro benzene ring substituents is 1. The molecule has 0 radical (unpaired) electrons. The van der Waals surface area contributed by atoms with Gasteiger partial charge in [-0.25, -0.2) is 0 Å². The average molecular weight is 380 g/mol. The lowest BCUT2D eigenvalue weighted by Gasteiger charge is -2.05. The van der Waals surface area contributed by atoms with Gasteiger partial charge in [-0.3, -0.25) is 14.9 Å². The van der Waals surface area contributed by atoms with Crippen molar-refractivity contribution < 1.29 is 19.0 Å². The lowest BCUT2D eigenvalue weighted by Crippen LogP contribution is -2.05. The predicted molar refractivity (Wildman–Crippen MR) is 104 cm³/mol. The van der Waals surface area contributed by atoms with E-state index in [1.165, 1.54) is 24.3 Å². The minimum Gasteiger partial charge on any atom is -0.497 e. The van der Waals surface area contributed by atoms with Crippen LogP contribution in [0.1, 0.15) is 41.4 Å². The van der Waals surface area contributed by atoms with Crippen molar-refractivity contribution in [3.63, 3.8) is 0 Å². The summed E-state index contributed by atoms with van der Waals surface area (Å²) in [5, 5.41) is 15.0. The summed E-state index contributed by atoms with van der Waals surface area (Å²) in [4.78, 5) is 23.6. The van der Waals surface area contributed by atoms with Gasteiger partial charge in [0.2, 0.25) is 0 Å². The number of benzene rings is 2. The Kier molecular flexibility index (Phi) is 5.84. The molecule has 7 heteroatoms. The van der Waals surface area contributed by atoms with E-state index in [1.54, 1.807) is 19.2 Å². The van der Waals surface area contributed by atoms with E-state index in [1.807, 2.05) is 12.1 Å². The Bertz CT molecular complexity index is 975. The van der Waals surface area contributed by atoms with Crippen molar-refractivity contribution in [3.8, 4) is 17.0 Å². The molecule has 0 unspecified atom stereocenters. The first-order chi connectivity index (χ1) is 13.5. The first-order valence-electron chi connectivity index (χ1n) is 8.97. The zero-order valence-corrected chi connectivity index (χ0v) is 15.7. The second-order valence-electron chi connectivity index (χ2n) is 6.29. The number of aryl methyl sites for hydroxylation is 1. The molecule has 0 atom stereocenters. The minimum absolute atomic E-state index is 0.0662. The maximum absolute atomic E-state index is 13.2. The normalized spacial score (nSPS) is 10.6. The molecular formula is C21H20N2O5. The number of nitrogens with zero attached hydrogens (tertiary/aromatic N) is 2. The monoisotopic (exact) mass is 380 g/mol. The van der Waals surface area contributed by atoms with E-state index in [0.717, 1.165) is 18.4 Å². The number of carbonyl (C=O) groups excluding carboxylic acids is 1. The van der Waals surface area contributed by atoms with Crippen LogP contribution in [0.4, 0.5) is 5.69 Å². The van der Waals surface area contributed by atoms with Crippen LogP contribution in [0.5, 0.6) is 5.75 Å². The number of nitro groups is 1. The summed E-state index contributed by atoms with van der Waals surface area (Å²) in [7, 11) is 1.58. The first-order valence-corrected chi connectivity index (χ1v) is 8.97. The van der Waals surface area contributed by atoms with Crippen LogP contribution in [-0.2, 0) is 6.42 Å². The molecule has 144 valence electrons. The van der Waals surface area contributed by atoms with E-state index in [0.29, 0.717) is 34.8 Å². The fraction of sp³-hybridized carbons (Fsp3) is 0.238. The number of methoxy groups -OCH3 is 1. The van der Waals surface area contributed by atoms with Crippen molar-refractivity contribution in [1.82, 2.24) is 5.16 Å². The number of ketones is 1. The van der Waals surface area contributed by atoms with Gasteiger partial charge >= 0.3 is 0 Å². The molecule has 0 spiro atoms. The Morgan fingerprint density at radius 2 is 1.82 bits per heavy atom. The highest BCUT2D eigenvalue weighted by Gasteiger charge is 2.25. The molecular weight excluding hydrogens is 360 g/mol. The Morgan fingerprint density at radius 3 is 2.39 bits per heavy atom. The molecule has 0 aliphatic heterocycles. The Balaban J connectivity index is 2.03. The molecule has 0 fully saturated rings. The average Bonchev–Trinajstić information content (AvgIpc) is 3.15. The van der Waals surface area contributed by atoms with E-state index in [4.69, 9.17) is 9.26 Å². The predicted octanol–water partition coefficient (Wildman–Crippen LogP) is 4.83. The van der Waals surface area contributed by atoms with Crippen LogP contribution in [0, 0.1) is 10.1 Å². The summed E-state index contributed by atoms with van der Waals surface area (Å²) in [5.74, 6) is 0.950. The van der Waals surface area contributed by atoms with Crippen LogP contribution < -0.4 is 4.74 Å². The van der Waals surface area contributed by atoms with E-state index >= 15 is 0 Å². The van der Waals surface area contributed by atoms with E-state index in [2.05, 4.69) is 12.1 Å². The molecule has 0 aliphatic carbocycles. The van der Waals surface area contributed by atoms with Crippen LogP contribution >= 0.6 is 0 Å². The van der Waals surface area contributed by atoms with Gasteiger partial charge in [-0.05, 0) is 42.8 Å². The highest BCUT2D eigenvalue weighted by molar-refractivity contribution is 6.13. The van der Waals surface area contributed by atoms with Crippen molar-refractivity contribution in [2.24, 2.45) is 0 Å². The third-order valence-corrected chi connectivity index (χ3v) is 4.45. The Morgan fingerprint density at radius 1 is 1.14 bits per heavy atom. The first kappa shape index (κ1) is 19.3. The van der Waals surface area contributed by atoms with Crippen molar-refractivity contribution in [2.45, 2.75) is 26.2 Å². The van der Waals surface area contributed by atoms with Gasteiger partial charge in [0, 0.05) is 29.7 Å². The second kappa shape index (κ2) is 8.47. The zero-order chi connectivity index (χ0) is 20.1. The number of hydrogen-bond donors (Lipinski definition) is 0. The van der Waals surface area contributed by atoms with Crippen LogP contribution in [0.3, 0.4) is 0 Å². The molecule has 0 saturated heterocycles. The molecule has 28 heavy (non-hydrogen) atoms. The summed E-state index contributed by atoms with van der Waals surface area (Å²) in [6, 6.07) is 12.7. The molecule has 0 amide bonds. The molecule has 7 nitrogen and oxygen atoms in total. The largest absolute Gasteiger partial charge is 0.497 e. The van der Waals surface area contributed by atoms with Gasteiger partial charge in [0.25, 0.3) is 5.69 Å². The standard InChI is InChI=1S/C21H20N2O5/c1-3-4-5-18-19(21(24)15-6-10-16(11-7-15)23(25)26)20(22-28-18)14-8-12-17(27-2)13-9-14/h6-13H,3-5H2,1-2H3. The van der Waals surface area contributed by atoms with Gasteiger partial charge in [-0.1, -0.05) is 18.5 Å². The molecule has 0 saturated carbocycles. The van der Waals surface area contributed by atoms with Crippen molar-refractivity contribution >= 4 is 11.5 Å². The van der Waals surface area contributed by atoms with Gasteiger partial charge in [-0.2, -0.15) is 0 Å². The molecule has 0 bridgehead atoms. The summed E-state index contributed by atoms with van der Waals surface area (Å²) in [5.41, 5.74) is 1.87. The zero-order valence-electron chi connectivity index (χ0n) is 15.7. The molecule has 3 rings (SSSR count). The fourth-order valence-corrected chi connectivity index (χ4v) is 2.89. The van der Waals surface area contributed by atoms with Gasteiger partial charge in [0.15, 0.2) is 5.78 Å². The highest BCUT2D eigenvalue weighted by atomic mass is 16.6. The van der Waals surface area contributed by atoms with Crippen LogP contribution in [0.2, 0.25) is 0 Å². The van der Waals surface area contributed by atoms with Crippen LogP contribution in [0.15, 0.2) is 53.1 Å². The smallest absolute Gasteiger partial charge is 0.269 e. The minimum atomic E-state index is -0.497. The third-order valence-electron chi connectivity index (χ3n) is 4.45. The van der Waals surface area contributed by atoms with Gasteiger partial charge in [0.05, 0.1) is 17.6 Å². The SMILES string of the molecule is CCCCc1onc(-c2ccc(OC)cc2)c1C(=O)c1ccc([N+](=O)[O-])cc1. The van der Waals surface area contributed by atoms with Gasteiger partial charge in [0.1, 0.15) is 17.2 Å². The van der Waals surface area contributed by atoms with Gasteiger partial charge < -0.3 is 9.26 Å². The number of hydrogen-bond acceptors (Lipinski definition) is 6. The number of aromatic nitrogens is 1. The number of rotatable bonds is 8. The van der Waals surface area contributed by atoms with Gasteiger partial charge in [-0.15, -0.1) is 0 Å². The van der Waals surface area contributed by atoms with E-state index in [9.17, 15) is 14.9 Å². The quantitative estimate of drug-likeness (QED) is 0.315. The topological polar surface area (TPSA) is 95.5 Å². The Labute approximate surface area is 162 Å². The van der Waals surface area contributed by atoms with E-state index in [-0.39, 0.29) is 11.5 Å². The highest BCUT2D eigenvalue weighted by Crippen LogP contribution is 2.30. The Hall–Kier alpha value is -3.48. The summed E-state index contributed by atoms with van der Waals surface area (Å²) < 4.78 is 10.7. The summed E-state index contributed by atoms with van der Waals surface area (Å²) in [6.45, 7) is 2.05. The van der Waals surface area contributed by atoms with Crippen LogP contribution in [-0.4, -0.2) is 23.0 Å². The number of unbranched alkanes of at least 4 members (excludes halogenated alkanes) is 1. The van der Waals surface area contributed by atoms with E-state index < -0.39 is 4.92 Å². The molecule has 0 aliphatic rings. The number of carbonyl (C=O) groups is 1. The summed E-state index contributed by atoms with van der Waals surface area (Å²) in [6.07, 6.45) is 2.40. The lowest BCUT2D eigenvalue weighted by atomic mass is 9.96. The lowest BCUT2D eigenvalue weighted by molar-refractivity contribution is -0.384. The third kappa shape index (κ3) is 3.93. The molecule has 0 N–H and O–H groups in total. The maximum atomic E-state index is 13.2. The molecule has 2 aromatic carbocycles. The van der Waals surface area contributed by atoms with Crippen molar-refractivity contribution in [2.75, 3.05) is 7.11 Å². The van der Waals surface area contributed by atoms with Crippen molar-refractivity contribution in [1.29, 1.82) is 0 Å². The number of ether oxygens (including phenoxy) is 1. The van der Waals surface area contributed by atoms with Crippen LogP contribution in [0.25, 0.3) is 11.3 Å². The second-order valence-corrected chi connectivity index (χ2v) is 6.29. The fourth-order valence-electron chi connectivity index (χ4n) is 2.89. The molecule has 1 aromatic heterocycles. The molecule has 1 heterocycles. The van der Waals surface area contributed by atoms with Crippen molar-refractivity contribution in [3.05, 3.63) is 75.5 Å². The maximum Gasteiger partial charge on any atom is 0.269 e. The summed E-state index contributed by atoms with van der Waals surface area (Å²) >= 11 is 0. The molecule has 3 aromatic rings. The number of non-ortho nitro benzene ring substituents is 1.